The number of carboxylic acid groups (broad SMARTS) is 1. The number of imide groups is 1. The zero-order chi connectivity index (χ0) is 25.2. The number of amides is 3. The first kappa shape index (κ1) is 24.4. The highest BCUT2D eigenvalue weighted by atomic mass is 16.6. The van der Waals surface area contributed by atoms with E-state index in [9.17, 15) is 29.1 Å². The van der Waals surface area contributed by atoms with Gasteiger partial charge in [0.2, 0.25) is 0 Å². The van der Waals surface area contributed by atoms with E-state index in [0.717, 1.165) is 11.0 Å². The lowest BCUT2D eigenvalue weighted by Gasteiger charge is -2.24. The van der Waals surface area contributed by atoms with Gasteiger partial charge in [-0.3, -0.25) is 9.59 Å². The molecule has 0 unspecified atom stereocenters. The number of esters is 1. The molecule has 10 heteroatoms. The average Bonchev–Trinajstić information content (AvgIpc) is 3.01. The maximum absolute atomic E-state index is 13.0. The summed E-state index contributed by atoms with van der Waals surface area (Å²) in [5.74, 6) is -3.45. The van der Waals surface area contributed by atoms with Crippen molar-refractivity contribution in [1.82, 2.24) is 4.90 Å². The predicted octanol–water partition coefficient (Wildman–Crippen LogP) is 3.21. The summed E-state index contributed by atoms with van der Waals surface area (Å²) in [5.41, 5.74) is -0.849. The molecule has 3 amide bonds. The third-order valence-electron chi connectivity index (χ3n) is 4.86. The summed E-state index contributed by atoms with van der Waals surface area (Å²) in [5, 5.41) is 9.18. The Bertz CT molecular complexity index is 1180. The molecule has 34 heavy (non-hydrogen) atoms. The largest absolute Gasteiger partial charge is 0.478 e. The summed E-state index contributed by atoms with van der Waals surface area (Å²) in [6.45, 7) is 5.12. The maximum Gasteiger partial charge on any atom is 0.410 e. The molecule has 0 bridgehead atoms. The number of anilines is 1. The van der Waals surface area contributed by atoms with Crippen LogP contribution in [0.15, 0.2) is 42.5 Å². The van der Waals surface area contributed by atoms with Gasteiger partial charge in [0, 0.05) is 7.05 Å². The molecule has 178 valence electrons. The van der Waals surface area contributed by atoms with E-state index in [-0.39, 0.29) is 41.1 Å². The fourth-order valence-corrected chi connectivity index (χ4v) is 3.22. The molecule has 0 spiro atoms. The van der Waals surface area contributed by atoms with Gasteiger partial charge in [0.15, 0.2) is 0 Å². The highest BCUT2D eigenvalue weighted by Crippen LogP contribution is 2.31. The van der Waals surface area contributed by atoms with Gasteiger partial charge < -0.3 is 19.5 Å². The normalized spacial score (nSPS) is 12.9. The Labute approximate surface area is 195 Å². The number of para-hydroxylation sites is 1. The van der Waals surface area contributed by atoms with E-state index < -0.39 is 35.4 Å². The smallest absolute Gasteiger partial charge is 0.410 e. The maximum atomic E-state index is 13.0. The van der Waals surface area contributed by atoms with Crippen molar-refractivity contribution < 1.29 is 38.6 Å². The summed E-state index contributed by atoms with van der Waals surface area (Å²) < 4.78 is 10.5. The Morgan fingerprint density at radius 2 is 1.65 bits per heavy atom. The molecule has 0 aromatic heterocycles. The van der Waals surface area contributed by atoms with Crippen molar-refractivity contribution in [2.45, 2.75) is 26.4 Å². The third kappa shape index (κ3) is 5.06. The van der Waals surface area contributed by atoms with Crippen LogP contribution in [0.2, 0.25) is 0 Å². The Morgan fingerprint density at radius 3 is 2.29 bits per heavy atom. The van der Waals surface area contributed by atoms with Crippen molar-refractivity contribution in [3.05, 3.63) is 64.7 Å². The van der Waals surface area contributed by atoms with Crippen LogP contribution in [-0.2, 0) is 9.47 Å². The van der Waals surface area contributed by atoms with Gasteiger partial charge >= 0.3 is 18.0 Å². The van der Waals surface area contributed by atoms with Gasteiger partial charge in [0.05, 0.1) is 34.5 Å². The van der Waals surface area contributed by atoms with Crippen LogP contribution >= 0.6 is 0 Å². The molecule has 0 saturated carbocycles. The fourth-order valence-electron chi connectivity index (χ4n) is 3.22. The molecule has 0 radical (unpaired) electrons. The van der Waals surface area contributed by atoms with Crippen LogP contribution in [0.5, 0.6) is 0 Å². The molecule has 1 N–H and O–H groups in total. The molecule has 0 atom stereocenters. The van der Waals surface area contributed by atoms with Gasteiger partial charge in [0.1, 0.15) is 12.2 Å². The number of likely N-dealkylation sites (N-methyl/N-ethyl adjacent to an activating group) is 1. The number of hydrogen-bond acceptors (Lipinski definition) is 7. The molecule has 3 rings (SSSR count). The van der Waals surface area contributed by atoms with Gasteiger partial charge in [0.25, 0.3) is 11.8 Å². The zero-order valence-electron chi connectivity index (χ0n) is 19.2. The van der Waals surface area contributed by atoms with Crippen LogP contribution in [0, 0.1) is 0 Å². The Morgan fingerprint density at radius 1 is 1.00 bits per heavy atom. The summed E-state index contributed by atoms with van der Waals surface area (Å²) in [6, 6.07) is 9.56. The second-order valence-electron chi connectivity index (χ2n) is 8.57. The van der Waals surface area contributed by atoms with E-state index >= 15 is 0 Å². The predicted molar refractivity (Wildman–Crippen MR) is 120 cm³/mol. The standard InChI is InChI=1S/C24H24N2O8/c1-24(2,3)34-23(32)25(4)11-12-33-22(31)16-7-5-6-8-18(16)26-19(27)15-10-9-14(21(29)30)13-17(15)20(26)28/h5-10,13H,11-12H2,1-4H3,(H,29,30). The third-order valence-corrected chi connectivity index (χ3v) is 4.86. The van der Waals surface area contributed by atoms with E-state index in [0.29, 0.717) is 0 Å². The molecule has 1 aliphatic rings. The highest BCUT2D eigenvalue weighted by molar-refractivity contribution is 6.35. The molecule has 2 aromatic carbocycles. The lowest BCUT2D eigenvalue weighted by molar-refractivity contribution is 0.0217. The number of carbonyl (C=O) groups excluding carboxylic acids is 4. The molecule has 0 aliphatic carbocycles. The van der Waals surface area contributed by atoms with Crippen molar-refractivity contribution in [2.75, 3.05) is 25.1 Å². The van der Waals surface area contributed by atoms with Gasteiger partial charge in [-0.25, -0.2) is 19.3 Å². The number of carboxylic acids is 1. The summed E-state index contributed by atoms with van der Waals surface area (Å²) in [6.07, 6.45) is -0.573. The quantitative estimate of drug-likeness (QED) is 0.505. The minimum atomic E-state index is -1.23. The highest BCUT2D eigenvalue weighted by Gasteiger charge is 2.39. The van der Waals surface area contributed by atoms with E-state index in [4.69, 9.17) is 9.47 Å². The number of ether oxygens (including phenoxy) is 2. The number of aromatic carboxylic acids is 1. The second-order valence-corrected chi connectivity index (χ2v) is 8.57. The Kier molecular flexibility index (Phi) is 6.71. The molecule has 1 aliphatic heterocycles. The minimum Gasteiger partial charge on any atom is -0.478 e. The molecule has 10 nitrogen and oxygen atoms in total. The number of rotatable bonds is 6. The van der Waals surface area contributed by atoms with Gasteiger partial charge in [-0.05, 0) is 51.1 Å². The van der Waals surface area contributed by atoms with Crippen LogP contribution in [0.4, 0.5) is 10.5 Å². The van der Waals surface area contributed by atoms with Crippen molar-refractivity contribution in [3.8, 4) is 0 Å². The molecular formula is C24H24N2O8. The van der Waals surface area contributed by atoms with Gasteiger partial charge in [-0.15, -0.1) is 0 Å². The number of carbonyl (C=O) groups is 5. The van der Waals surface area contributed by atoms with Crippen LogP contribution in [-0.4, -0.2) is 65.7 Å². The van der Waals surface area contributed by atoms with Gasteiger partial charge in [-0.2, -0.15) is 0 Å². The van der Waals surface area contributed by atoms with Crippen LogP contribution < -0.4 is 4.90 Å². The number of hydrogen-bond donors (Lipinski definition) is 1. The number of fused-ring (bicyclic) bond motifs is 1. The van der Waals surface area contributed by atoms with Gasteiger partial charge in [-0.1, -0.05) is 12.1 Å². The molecular weight excluding hydrogens is 444 g/mol. The first-order valence-corrected chi connectivity index (χ1v) is 10.4. The fraction of sp³-hybridized carbons (Fsp3) is 0.292. The van der Waals surface area contributed by atoms with Crippen molar-refractivity contribution >= 4 is 35.5 Å². The topological polar surface area (TPSA) is 131 Å². The van der Waals surface area contributed by atoms with Crippen LogP contribution in [0.1, 0.15) is 62.2 Å². The second kappa shape index (κ2) is 9.34. The summed E-state index contributed by atoms with van der Waals surface area (Å²) >= 11 is 0. The molecule has 1 heterocycles. The first-order chi connectivity index (χ1) is 15.9. The van der Waals surface area contributed by atoms with E-state index in [1.165, 1.54) is 36.2 Å². The van der Waals surface area contributed by atoms with E-state index in [1.54, 1.807) is 32.9 Å². The zero-order valence-corrected chi connectivity index (χ0v) is 19.2. The van der Waals surface area contributed by atoms with E-state index in [2.05, 4.69) is 0 Å². The summed E-state index contributed by atoms with van der Waals surface area (Å²) in [7, 11) is 1.50. The van der Waals surface area contributed by atoms with Crippen LogP contribution in [0.3, 0.4) is 0 Å². The first-order valence-electron chi connectivity index (χ1n) is 10.4. The molecule has 2 aromatic rings. The van der Waals surface area contributed by atoms with E-state index in [1.807, 2.05) is 0 Å². The molecule has 0 saturated heterocycles. The van der Waals surface area contributed by atoms with Crippen molar-refractivity contribution in [1.29, 1.82) is 0 Å². The average molecular weight is 468 g/mol. The Balaban J connectivity index is 1.75. The monoisotopic (exact) mass is 468 g/mol. The lowest BCUT2D eigenvalue weighted by Crippen LogP contribution is -2.36. The van der Waals surface area contributed by atoms with Crippen molar-refractivity contribution in [3.63, 3.8) is 0 Å². The minimum absolute atomic E-state index is 0.0103. The molecule has 0 fully saturated rings. The Hall–Kier alpha value is -4.21. The number of nitrogens with zero attached hydrogens (tertiary/aromatic N) is 2. The summed E-state index contributed by atoms with van der Waals surface area (Å²) in [4.78, 5) is 63.9. The van der Waals surface area contributed by atoms with Crippen molar-refractivity contribution in [2.24, 2.45) is 0 Å². The lowest BCUT2D eigenvalue weighted by atomic mass is 10.1. The SMILES string of the molecule is CN(CCOC(=O)c1ccccc1N1C(=O)c2ccc(C(=O)O)cc2C1=O)C(=O)OC(C)(C)C. The van der Waals surface area contributed by atoms with Crippen LogP contribution in [0.25, 0.3) is 0 Å². The number of benzene rings is 2.